The molecule has 1 saturated heterocycles. The van der Waals surface area contributed by atoms with Gasteiger partial charge in [0.1, 0.15) is 5.65 Å². The molecule has 2 N–H and O–H groups in total. The number of likely N-dealkylation sites (tertiary alicyclic amines) is 1. The van der Waals surface area contributed by atoms with Gasteiger partial charge >= 0.3 is 0 Å². The fourth-order valence-electron chi connectivity index (χ4n) is 3.17. The summed E-state index contributed by atoms with van der Waals surface area (Å²) in [6.07, 6.45) is 6.67. The molecular formula is C16H26Cl2N4O. The molecule has 0 bridgehead atoms. The lowest BCUT2D eigenvalue weighted by molar-refractivity contribution is 0.00983. The molecule has 0 aliphatic carbocycles. The summed E-state index contributed by atoms with van der Waals surface area (Å²) >= 11 is 0. The summed E-state index contributed by atoms with van der Waals surface area (Å²) < 4.78 is 7.58. The summed E-state index contributed by atoms with van der Waals surface area (Å²) in [5.74, 6) is 0. The van der Waals surface area contributed by atoms with E-state index in [1.165, 1.54) is 5.56 Å². The van der Waals surface area contributed by atoms with E-state index in [0.717, 1.165) is 37.3 Å². The van der Waals surface area contributed by atoms with Crippen LogP contribution in [0, 0.1) is 6.92 Å². The van der Waals surface area contributed by atoms with Crippen molar-refractivity contribution in [2.75, 3.05) is 20.2 Å². The minimum absolute atomic E-state index is 0. The molecule has 0 saturated carbocycles. The van der Waals surface area contributed by atoms with Crippen LogP contribution in [0.4, 0.5) is 0 Å². The Bertz CT molecular complexity index is 619. The first-order valence-corrected chi connectivity index (χ1v) is 7.60. The van der Waals surface area contributed by atoms with E-state index < -0.39 is 0 Å². The number of rotatable bonds is 4. The summed E-state index contributed by atoms with van der Waals surface area (Å²) in [4.78, 5) is 7.14. The molecule has 1 aliphatic heterocycles. The lowest BCUT2D eigenvalue weighted by Gasteiger charge is -2.38. The van der Waals surface area contributed by atoms with Gasteiger partial charge in [-0.1, -0.05) is 6.07 Å². The van der Waals surface area contributed by atoms with Gasteiger partial charge < -0.3 is 14.9 Å². The van der Waals surface area contributed by atoms with Gasteiger partial charge in [-0.15, -0.1) is 24.8 Å². The Morgan fingerprint density at radius 2 is 2.09 bits per heavy atom. The van der Waals surface area contributed by atoms with Crippen LogP contribution >= 0.6 is 24.8 Å². The highest BCUT2D eigenvalue weighted by Crippen LogP contribution is 2.21. The molecule has 2 aromatic rings. The molecule has 1 aliphatic rings. The van der Waals surface area contributed by atoms with Gasteiger partial charge in [0.05, 0.1) is 11.8 Å². The first-order chi connectivity index (χ1) is 10.2. The smallest absolute Gasteiger partial charge is 0.137 e. The molecule has 3 rings (SSSR count). The zero-order valence-electron chi connectivity index (χ0n) is 13.6. The molecule has 23 heavy (non-hydrogen) atoms. The van der Waals surface area contributed by atoms with Gasteiger partial charge in [0, 0.05) is 45.2 Å². The molecule has 0 aromatic carbocycles. The standard InChI is InChI=1S/C16H24N4O.2ClH/c1-12-3-4-16-18-13(11-20(16)9-12)10-19-6-5-15(21-2)7-14(19)8-17;;/h3-4,9,11,14-15H,5-8,10,17H2,1-2H3;2*1H. The van der Waals surface area contributed by atoms with Crippen molar-refractivity contribution >= 4 is 30.5 Å². The number of hydrogen-bond donors (Lipinski definition) is 1. The van der Waals surface area contributed by atoms with Crippen LogP contribution < -0.4 is 5.73 Å². The Morgan fingerprint density at radius 3 is 2.78 bits per heavy atom. The van der Waals surface area contributed by atoms with Crippen LogP contribution in [-0.2, 0) is 11.3 Å². The summed E-state index contributed by atoms with van der Waals surface area (Å²) in [5.41, 5.74) is 9.29. The van der Waals surface area contributed by atoms with Crippen molar-refractivity contribution in [1.82, 2.24) is 14.3 Å². The molecule has 0 spiro atoms. The highest BCUT2D eigenvalue weighted by Gasteiger charge is 2.27. The van der Waals surface area contributed by atoms with E-state index in [0.29, 0.717) is 18.7 Å². The maximum absolute atomic E-state index is 5.94. The number of fused-ring (bicyclic) bond motifs is 1. The van der Waals surface area contributed by atoms with E-state index in [-0.39, 0.29) is 24.8 Å². The predicted molar refractivity (Wildman–Crippen MR) is 97.7 cm³/mol. The van der Waals surface area contributed by atoms with Crippen molar-refractivity contribution in [3.05, 3.63) is 35.8 Å². The van der Waals surface area contributed by atoms with E-state index in [4.69, 9.17) is 15.5 Å². The number of nitrogens with two attached hydrogens (primary N) is 1. The van der Waals surface area contributed by atoms with Crippen LogP contribution in [0.3, 0.4) is 0 Å². The van der Waals surface area contributed by atoms with Crippen LogP contribution in [0.2, 0.25) is 0 Å². The molecule has 130 valence electrons. The Balaban J connectivity index is 0.00000132. The van der Waals surface area contributed by atoms with Crippen molar-refractivity contribution < 1.29 is 4.74 Å². The van der Waals surface area contributed by atoms with Gasteiger partial charge in [-0.25, -0.2) is 4.98 Å². The monoisotopic (exact) mass is 360 g/mol. The van der Waals surface area contributed by atoms with Gasteiger partial charge in [-0.2, -0.15) is 0 Å². The molecular weight excluding hydrogens is 335 g/mol. The minimum atomic E-state index is 0. The molecule has 7 heteroatoms. The van der Waals surface area contributed by atoms with E-state index in [1.54, 1.807) is 7.11 Å². The SMILES string of the molecule is COC1CCN(Cc2cn3cc(C)ccc3n2)C(CN)C1.Cl.Cl. The summed E-state index contributed by atoms with van der Waals surface area (Å²) in [6.45, 7) is 4.65. The first kappa shape index (κ1) is 20.2. The third-order valence-corrected chi connectivity index (χ3v) is 4.41. The molecule has 1 fully saturated rings. The Kier molecular flexibility index (Phi) is 7.77. The normalized spacial score (nSPS) is 21.7. The fourth-order valence-corrected chi connectivity index (χ4v) is 3.17. The minimum Gasteiger partial charge on any atom is -0.381 e. The largest absolute Gasteiger partial charge is 0.381 e. The number of imidazole rings is 1. The van der Waals surface area contributed by atoms with Crippen LogP contribution in [-0.4, -0.2) is 46.6 Å². The molecule has 0 radical (unpaired) electrons. The molecule has 2 unspecified atom stereocenters. The lowest BCUT2D eigenvalue weighted by Crippen LogP contribution is -2.48. The van der Waals surface area contributed by atoms with Crippen LogP contribution in [0.5, 0.6) is 0 Å². The second-order valence-electron chi connectivity index (χ2n) is 5.95. The number of nitrogens with zero attached hydrogens (tertiary/aromatic N) is 3. The maximum Gasteiger partial charge on any atom is 0.137 e. The Labute approximate surface area is 150 Å². The lowest BCUT2D eigenvalue weighted by atomic mass is 9.99. The second kappa shape index (κ2) is 8.85. The fraction of sp³-hybridized carbons (Fsp3) is 0.562. The van der Waals surface area contributed by atoms with Gasteiger partial charge in [0.15, 0.2) is 0 Å². The zero-order valence-corrected chi connectivity index (χ0v) is 15.3. The van der Waals surface area contributed by atoms with Crippen LogP contribution in [0.15, 0.2) is 24.5 Å². The molecule has 2 aromatic heterocycles. The molecule has 5 nitrogen and oxygen atoms in total. The number of aromatic nitrogens is 2. The summed E-state index contributed by atoms with van der Waals surface area (Å²) in [7, 11) is 1.79. The number of hydrogen-bond acceptors (Lipinski definition) is 4. The van der Waals surface area contributed by atoms with Gasteiger partial charge in [0.2, 0.25) is 0 Å². The third-order valence-electron chi connectivity index (χ3n) is 4.41. The number of halogens is 2. The Morgan fingerprint density at radius 1 is 1.30 bits per heavy atom. The van der Waals surface area contributed by atoms with E-state index in [2.05, 4.69) is 40.8 Å². The number of pyridine rings is 1. The topological polar surface area (TPSA) is 55.8 Å². The van der Waals surface area contributed by atoms with E-state index >= 15 is 0 Å². The third kappa shape index (κ3) is 4.58. The van der Waals surface area contributed by atoms with Gasteiger partial charge in [0.25, 0.3) is 0 Å². The van der Waals surface area contributed by atoms with Gasteiger partial charge in [-0.3, -0.25) is 4.90 Å². The number of aryl methyl sites for hydroxylation is 1. The van der Waals surface area contributed by atoms with E-state index in [9.17, 15) is 0 Å². The van der Waals surface area contributed by atoms with Crippen LogP contribution in [0.25, 0.3) is 5.65 Å². The molecule has 2 atom stereocenters. The summed E-state index contributed by atoms with van der Waals surface area (Å²) in [5, 5.41) is 0. The van der Waals surface area contributed by atoms with Crippen molar-refractivity contribution in [3.8, 4) is 0 Å². The number of piperidine rings is 1. The van der Waals surface area contributed by atoms with E-state index in [1.807, 2.05) is 0 Å². The van der Waals surface area contributed by atoms with Crippen molar-refractivity contribution in [2.45, 2.75) is 38.5 Å². The first-order valence-electron chi connectivity index (χ1n) is 7.60. The quantitative estimate of drug-likeness (QED) is 0.909. The average Bonchev–Trinajstić information content (AvgIpc) is 2.89. The zero-order chi connectivity index (χ0) is 14.8. The average molecular weight is 361 g/mol. The second-order valence-corrected chi connectivity index (χ2v) is 5.95. The summed E-state index contributed by atoms with van der Waals surface area (Å²) in [6, 6.07) is 4.55. The predicted octanol–water partition coefficient (Wildman–Crippen LogP) is 2.42. The van der Waals surface area contributed by atoms with Crippen molar-refractivity contribution in [1.29, 1.82) is 0 Å². The Hall–Kier alpha value is -0.850. The van der Waals surface area contributed by atoms with Crippen LogP contribution in [0.1, 0.15) is 24.1 Å². The van der Waals surface area contributed by atoms with Crippen molar-refractivity contribution in [3.63, 3.8) is 0 Å². The molecule has 3 heterocycles. The highest BCUT2D eigenvalue weighted by molar-refractivity contribution is 5.85. The number of ether oxygens (including phenoxy) is 1. The van der Waals surface area contributed by atoms with Crippen molar-refractivity contribution in [2.24, 2.45) is 5.73 Å². The highest BCUT2D eigenvalue weighted by atomic mass is 35.5. The molecule has 0 amide bonds. The number of methoxy groups -OCH3 is 1. The van der Waals surface area contributed by atoms with Gasteiger partial charge in [-0.05, 0) is 31.4 Å². The maximum atomic E-state index is 5.94.